The van der Waals surface area contributed by atoms with Gasteiger partial charge in [-0.25, -0.2) is 0 Å². The molecule has 1 aliphatic rings. The van der Waals surface area contributed by atoms with E-state index in [2.05, 4.69) is 49.6 Å². The van der Waals surface area contributed by atoms with Crippen LogP contribution in [0.4, 0.5) is 0 Å². The molecule has 1 aliphatic heterocycles. The summed E-state index contributed by atoms with van der Waals surface area (Å²) in [6.45, 7) is 13.7. The molecule has 1 unspecified atom stereocenters. The van der Waals surface area contributed by atoms with Crippen LogP contribution < -0.4 is 5.73 Å². The zero-order valence-electron chi connectivity index (χ0n) is 14.2. The summed E-state index contributed by atoms with van der Waals surface area (Å²) in [6, 6.07) is 6.23. The van der Waals surface area contributed by atoms with Crippen molar-refractivity contribution in [2.75, 3.05) is 13.1 Å². The molecule has 0 bridgehead atoms. The van der Waals surface area contributed by atoms with Crippen LogP contribution in [0.15, 0.2) is 30.5 Å². The second kappa shape index (κ2) is 8.42. The monoisotopic (exact) mass is 300 g/mol. The first-order valence-electron chi connectivity index (χ1n) is 7.97. The Bertz CT molecular complexity index is 561. The van der Waals surface area contributed by atoms with Crippen molar-refractivity contribution in [3.63, 3.8) is 0 Å². The van der Waals surface area contributed by atoms with Crippen molar-refractivity contribution >= 4 is 18.1 Å². The maximum absolute atomic E-state index is 11.2. The molecule has 1 amide bonds. The predicted molar refractivity (Wildman–Crippen MR) is 95.1 cm³/mol. The van der Waals surface area contributed by atoms with Gasteiger partial charge in [0.15, 0.2) is 0 Å². The van der Waals surface area contributed by atoms with Gasteiger partial charge in [0.1, 0.15) is 0 Å². The molecule has 0 saturated carbocycles. The molecule has 0 aromatic heterocycles. The van der Waals surface area contributed by atoms with Gasteiger partial charge >= 0.3 is 0 Å². The molecule has 1 atom stereocenters. The summed E-state index contributed by atoms with van der Waals surface area (Å²) in [5, 5.41) is 0. The van der Waals surface area contributed by atoms with Gasteiger partial charge in [-0.1, -0.05) is 44.7 Å². The van der Waals surface area contributed by atoms with Gasteiger partial charge in [-0.05, 0) is 43.0 Å². The fourth-order valence-electron chi connectivity index (χ4n) is 2.74. The zero-order chi connectivity index (χ0) is 16.7. The van der Waals surface area contributed by atoms with E-state index in [1.165, 1.54) is 16.8 Å². The highest BCUT2D eigenvalue weighted by Crippen LogP contribution is 2.24. The third-order valence-electron chi connectivity index (χ3n) is 4.02. The highest BCUT2D eigenvalue weighted by atomic mass is 16.1. The first kappa shape index (κ1) is 18.0. The van der Waals surface area contributed by atoms with E-state index in [-0.39, 0.29) is 11.8 Å². The van der Waals surface area contributed by atoms with Crippen molar-refractivity contribution in [1.82, 2.24) is 4.90 Å². The van der Waals surface area contributed by atoms with Gasteiger partial charge in [-0.2, -0.15) is 0 Å². The molecule has 1 aromatic carbocycles. The average molecular weight is 300 g/mol. The van der Waals surface area contributed by atoms with Crippen LogP contribution in [-0.2, 0) is 4.79 Å². The Morgan fingerprint density at radius 2 is 2.09 bits per heavy atom. The van der Waals surface area contributed by atoms with Gasteiger partial charge < -0.3 is 10.6 Å². The first-order chi connectivity index (χ1) is 10.5. The van der Waals surface area contributed by atoms with E-state index in [1.807, 2.05) is 19.9 Å². The van der Waals surface area contributed by atoms with Crippen LogP contribution in [0.2, 0.25) is 0 Å². The Hall–Kier alpha value is -2.03. The summed E-state index contributed by atoms with van der Waals surface area (Å²) in [4.78, 5) is 13.5. The van der Waals surface area contributed by atoms with E-state index in [0.717, 1.165) is 25.1 Å². The lowest BCUT2D eigenvalue weighted by Gasteiger charge is -2.19. The normalized spacial score (nSPS) is 17.7. The molecule has 0 spiro atoms. The Labute approximate surface area is 134 Å². The number of rotatable bonds is 4. The molecule has 3 nitrogen and oxygen atoms in total. The fourth-order valence-corrected chi connectivity index (χ4v) is 2.74. The molecule has 120 valence electrons. The van der Waals surface area contributed by atoms with Crippen LogP contribution in [0, 0.1) is 12.8 Å². The van der Waals surface area contributed by atoms with E-state index < -0.39 is 0 Å². The van der Waals surface area contributed by atoms with Gasteiger partial charge in [0.2, 0.25) is 5.91 Å². The zero-order valence-corrected chi connectivity index (χ0v) is 14.2. The molecule has 1 fully saturated rings. The number of aryl methyl sites for hydroxylation is 1. The number of nitrogens with two attached hydrogens (primary N) is 1. The number of benzene rings is 1. The molecule has 0 aliphatic carbocycles. The molecule has 22 heavy (non-hydrogen) atoms. The van der Waals surface area contributed by atoms with Crippen LogP contribution >= 0.6 is 0 Å². The minimum atomic E-state index is -0.192. The Morgan fingerprint density at radius 1 is 1.41 bits per heavy atom. The lowest BCUT2D eigenvalue weighted by molar-refractivity contribution is -0.121. The summed E-state index contributed by atoms with van der Waals surface area (Å²) < 4.78 is 0. The maximum Gasteiger partial charge on any atom is 0.222 e. The highest BCUT2D eigenvalue weighted by molar-refractivity contribution is 5.77. The number of carbonyl (C=O) groups is 1. The van der Waals surface area contributed by atoms with Crippen LogP contribution in [0.1, 0.15) is 43.9 Å². The quantitative estimate of drug-likeness (QED) is 0.918. The van der Waals surface area contributed by atoms with Gasteiger partial charge in [-0.3, -0.25) is 4.79 Å². The largest absolute Gasteiger partial charge is 0.374 e. The van der Waals surface area contributed by atoms with Crippen LogP contribution in [0.5, 0.6) is 0 Å². The number of primary amides is 1. The number of hydrogen-bond donors (Lipinski definition) is 1. The molecule has 1 aromatic rings. The van der Waals surface area contributed by atoms with Crippen LogP contribution in [-0.4, -0.2) is 23.9 Å². The Balaban J connectivity index is 0.00000116. The third-order valence-corrected chi connectivity index (χ3v) is 4.02. The number of hydrogen-bond acceptors (Lipinski definition) is 2. The lowest BCUT2D eigenvalue weighted by Crippen LogP contribution is -2.26. The molecule has 1 heterocycles. The second-order valence-electron chi connectivity index (χ2n) is 5.40. The molecule has 2 N–H and O–H groups in total. The SMILES string of the molecule is C=Cc1c(C)cccc1/C=C(\C)N1CCC(C(N)=O)C1.CC. The summed E-state index contributed by atoms with van der Waals surface area (Å²) in [7, 11) is 0. The van der Waals surface area contributed by atoms with Crippen molar-refractivity contribution in [3.05, 3.63) is 47.2 Å². The molecule has 2 rings (SSSR count). The van der Waals surface area contributed by atoms with E-state index in [9.17, 15) is 4.79 Å². The topological polar surface area (TPSA) is 46.3 Å². The highest BCUT2D eigenvalue weighted by Gasteiger charge is 2.26. The van der Waals surface area contributed by atoms with Crippen molar-refractivity contribution < 1.29 is 4.79 Å². The van der Waals surface area contributed by atoms with Gasteiger partial charge in [0.25, 0.3) is 0 Å². The van der Waals surface area contributed by atoms with E-state index in [4.69, 9.17) is 5.73 Å². The van der Waals surface area contributed by atoms with Gasteiger partial charge in [0.05, 0.1) is 5.92 Å². The van der Waals surface area contributed by atoms with E-state index >= 15 is 0 Å². The standard InChI is InChI=1S/C17H22N2O.C2H6/c1-4-16-12(2)6-5-7-14(16)10-13(3)19-9-8-15(11-19)17(18)20;1-2/h4-7,10,15H,1,8-9,11H2,2-3H3,(H2,18,20);1-2H3/b13-10+;. The lowest BCUT2D eigenvalue weighted by atomic mass is 10.0. The first-order valence-corrected chi connectivity index (χ1v) is 7.97. The van der Waals surface area contributed by atoms with Crippen LogP contribution in [0.25, 0.3) is 12.2 Å². The van der Waals surface area contributed by atoms with Gasteiger partial charge in [0, 0.05) is 18.8 Å². The smallest absolute Gasteiger partial charge is 0.222 e. The number of nitrogens with zero attached hydrogens (tertiary/aromatic N) is 1. The Kier molecular flexibility index (Phi) is 6.90. The molecule has 1 saturated heterocycles. The minimum absolute atomic E-state index is 0.0188. The van der Waals surface area contributed by atoms with E-state index in [1.54, 1.807) is 0 Å². The minimum Gasteiger partial charge on any atom is -0.374 e. The summed E-state index contributed by atoms with van der Waals surface area (Å²) in [5.41, 5.74) is 10.1. The number of carbonyl (C=O) groups excluding carboxylic acids is 1. The third kappa shape index (κ3) is 4.23. The number of allylic oxidation sites excluding steroid dienone is 1. The molecule has 3 heteroatoms. The predicted octanol–water partition coefficient (Wildman–Crippen LogP) is 3.83. The van der Waals surface area contributed by atoms with Crippen molar-refractivity contribution in [2.24, 2.45) is 11.7 Å². The number of amides is 1. The average Bonchev–Trinajstić information content (AvgIpc) is 3.00. The van der Waals surface area contributed by atoms with Crippen molar-refractivity contribution in [3.8, 4) is 0 Å². The van der Waals surface area contributed by atoms with E-state index in [0.29, 0.717) is 0 Å². The van der Waals surface area contributed by atoms with Crippen molar-refractivity contribution in [2.45, 2.75) is 34.1 Å². The number of likely N-dealkylation sites (tertiary alicyclic amines) is 1. The summed E-state index contributed by atoms with van der Waals surface area (Å²) >= 11 is 0. The summed E-state index contributed by atoms with van der Waals surface area (Å²) in [5.74, 6) is -0.211. The van der Waals surface area contributed by atoms with Crippen molar-refractivity contribution in [1.29, 1.82) is 0 Å². The van der Waals surface area contributed by atoms with Crippen LogP contribution in [0.3, 0.4) is 0 Å². The second-order valence-corrected chi connectivity index (χ2v) is 5.40. The molecular formula is C19H28N2O. The molecular weight excluding hydrogens is 272 g/mol. The molecule has 0 radical (unpaired) electrons. The fraction of sp³-hybridized carbons (Fsp3) is 0.421. The summed E-state index contributed by atoms with van der Waals surface area (Å²) in [6.07, 6.45) is 4.90. The maximum atomic E-state index is 11.2. The van der Waals surface area contributed by atoms with Gasteiger partial charge in [-0.15, -0.1) is 0 Å². The Morgan fingerprint density at radius 3 is 2.64 bits per heavy atom.